The molecule has 96 valence electrons. The van der Waals surface area contributed by atoms with Gasteiger partial charge in [-0.15, -0.1) is 11.3 Å². The Bertz CT molecular complexity index is 724. The third kappa shape index (κ3) is 2.29. The molecule has 0 saturated carbocycles. The molecule has 0 aliphatic heterocycles. The van der Waals surface area contributed by atoms with E-state index in [2.05, 4.69) is 10.1 Å². The Morgan fingerprint density at radius 1 is 1.37 bits per heavy atom. The molecule has 1 aromatic carbocycles. The van der Waals surface area contributed by atoms with Crippen LogP contribution in [0.4, 0.5) is 0 Å². The summed E-state index contributed by atoms with van der Waals surface area (Å²) in [5.41, 5.74) is 2.45. The van der Waals surface area contributed by atoms with E-state index in [-0.39, 0.29) is 5.78 Å². The van der Waals surface area contributed by atoms with Crippen LogP contribution in [0.25, 0.3) is 10.2 Å². The van der Waals surface area contributed by atoms with Gasteiger partial charge in [0.1, 0.15) is 10.7 Å². The van der Waals surface area contributed by atoms with Crippen LogP contribution in [-0.2, 0) is 13.5 Å². The minimum absolute atomic E-state index is 0.0576. The Balaban J connectivity index is 1.88. The van der Waals surface area contributed by atoms with Gasteiger partial charge >= 0.3 is 0 Å². The molecule has 4 nitrogen and oxygen atoms in total. The molecule has 0 radical (unpaired) electrons. The summed E-state index contributed by atoms with van der Waals surface area (Å²) >= 11 is 1.57. The molecule has 0 aliphatic rings. The first-order valence-electron chi connectivity index (χ1n) is 6.02. The highest BCUT2D eigenvalue weighted by atomic mass is 32.1. The number of aromatic nitrogens is 3. The predicted molar refractivity (Wildman–Crippen MR) is 75.6 cm³/mol. The van der Waals surface area contributed by atoms with E-state index in [1.807, 2.05) is 37.3 Å². The van der Waals surface area contributed by atoms with Crippen LogP contribution in [0.15, 0.2) is 30.3 Å². The molecule has 2 heterocycles. The van der Waals surface area contributed by atoms with Crippen LogP contribution < -0.4 is 0 Å². The molecule has 0 aliphatic carbocycles. The number of aryl methyl sites for hydroxylation is 2. The zero-order chi connectivity index (χ0) is 13.4. The molecule has 0 N–H and O–H groups in total. The van der Waals surface area contributed by atoms with Crippen LogP contribution >= 0.6 is 11.3 Å². The second-order valence-corrected chi connectivity index (χ2v) is 5.59. The van der Waals surface area contributed by atoms with E-state index in [0.717, 1.165) is 20.9 Å². The average molecular weight is 271 g/mol. The number of nitrogens with zero attached hydrogens (tertiary/aromatic N) is 3. The van der Waals surface area contributed by atoms with Crippen molar-refractivity contribution in [1.82, 2.24) is 14.8 Å². The monoisotopic (exact) mass is 271 g/mol. The van der Waals surface area contributed by atoms with Crippen molar-refractivity contribution in [3.05, 3.63) is 46.7 Å². The van der Waals surface area contributed by atoms with Gasteiger partial charge in [0.15, 0.2) is 5.78 Å². The SMILES string of the molecule is Cc1cc(C(=O)Cc2nc3ccccc3s2)n(C)n1. The minimum Gasteiger partial charge on any atom is -0.292 e. The van der Waals surface area contributed by atoms with E-state index in [9.17, 15) is 4.79 Å². The fourth-order valence-corrected chi connectivity index (χ4v) is 3.06. The van der Waals surface area contributed by atoms with Gasteiger partial charge in [0.25, 0.3) is 0 Å². The number of ketones is 1. The molecule has 0 atom stereocenters. The summed E-state index contributed by atoms with van der Waals surface area (Å²) in [4.78, 5) is 16.7. The van der Waals surface area contributed by atoms with Gasteiger partial charge in [-0.25, -0.2) is 4.98 Å². The molecule has 0 saturated heterocycles. The Morgan fingerprint density at radius 2 is 2.16 bits per heavy atom. The van der Waals surface area contributed by atoms with Crippen LogP contribution in [0.2, 0.25) is 0 Å². The number of hydrogen-bond donors (Lipinski definition) is 0. The van der Waals surface area contributed by atoms with Crippen molar-refractivity contribution in [1.29, 1.82) is 0 Å². The number of hydrogen-bond acceptors (Lipinski definition) is 4. The summed E-state index contributed by atoms with van der Waals surface area (Å²) in [7, 11) is 1.79. The molecule has 0 bridgehead atoms. The number of fused-ring (bicyclic) bond motifs is 1. The maximum Gasteiger partial charge on any atom is 0.187 e. The van der Waals surface area contributed by atoms with Gasteiger partial charge in [-0.2, -0.15) is 5.10 Å². The van der Waals surface area contributed by atoms with Gasteiger partial charge in [0.2, 0.25) is 0 Å². The van der Waals surface area contributed by atoms with Crippen molar-refractivity contribution >= 4 is 27.3 Å². The van der Waals surface area contributed by atoms with Crippen molar-refractivity contribution < 1.29 is 4.79 Å². The predicted octanol–water partition coefficient (Wildman–Crippen LogP) is 2.76. The molecule has 3 aromatic rings. The maximum atomic E-state index is 12.2. The van der Waals surface area contributed by atoms with Crippen LogP contribution in [0.1, 0.15) is 21.2 Å². The lowest BCUT2D eigenvalue weighted by atomic mass is 10.2. The molecular weight excluding hydrogens is 258 g/mol. The van der Waals surface area contributed by atoms with Crippen molar-refractivity contribution in [3.63, 3.8) is 0 Å². The van der Waals surface area contributed by atoms with Crippen molar-refractivity contribution in [2.45, 2.75) is 13.3 Å². The number of thiazole rings is 1. The smallest absolute Gasteiger partial charge is 0.187 e. The number of carbonyl (C=O) groups excluding carboxylic acids is 1. The summed E-state index contributed by atoms with van der Waals surface area (Å²) in [5.74, 6) is 0.0576. The Hall–Kier alpha value is -2.01. The molecular formula is C14H13N3OS. The van der Waals surface area contributed by atoms with E-state index < -0.39 is 0 Å². The lowest BCUT2D eigenvalue weighted by Gasteiger charge is -1.98. The maximum absolute atomic E-state index is 12.2. The van der Waals surface area contributed by atoms with Crippen LogP contribution in [0.3, 0.4) is 0 Å². The van der Waals surface area contributed by atoms with Gasteiger partial charge in [0.05, 0.1) is 22.3 Å². The first-order valence-corrected chi connectivity index (χ1v) is 6.83. The Labute approximate surface area is 114 Å². The van der Waals surface area contributed by atoms with Gasteiger partial charge in [-0.05, 0) is 25.1 Å². The molecule has 5 heteroatoms. The van der Waals surface area contributed by atoms with E-state index in [4.69, 9.17) is 0 Å². The van der Waals surface area contributed by atoms with Crippen molar-refractivity contribution in [3.8, 4) is 0 Å². The molecule has 0 fully saturated rings. The standard InChI is InChI=1S/C14H13N3OS/c1-9-7-11(17(2)16-9)12(18)8-14-15-10-5-3-4-6-13(10)19-14/h3-7H,8H2,1-2H3. The zero-order valence-electron chi connectivity index (χ0n) is 10.8. The number of Topliss-reactive ketones (excluding diaryl/α,β-unsaturated/α-hetero) is 1. The van der Waals surface area contributed by atoms with Crippen LogP contribution in [0, 0.1) is 6.92 Å². The van der Waals surface area contributed by atoms with Crippen LogP contribution in [-0.4, -0.2) is 20.5 Å². The van der Waals surface area contributed by atoms with E-state index in [0.29, 0.717) is 12.1 Å². The summed E-state index contributed by atoms with van der Waals surface area (Å²) < 4.78 is 2.75. The Kier molecular flexibility index (Phi) is 2.91. The third-order valence-corrected chi connectivity index (χ3v) is 3.97. The van der Waals surface area contributed by atoms with Crippen molar-refractivity contribution in [2.75, 3.05) is 0 Å². The second kappa shape index (κ2) is 4.59. The van der Waals surface area contributed by atoms with E-state index in [1.54, 1.807) is 23.1 Å². The van der Waals surface area contributed by atoms with Gasteiger partial charge in [-0.3, -0.25) is 9.48 Å². The second-order valence-electron chi connectivity index (χ2n) is 4.47. The lowest BCUT2D eigenvalue weighted by molar-refractivity contribution is 0.0984. The fraction of sp³-hybridized carbons (Fsp3) is 0.214. The first-order chi connectivity index (χ1) is 9.13. The number of para-hydroxylation sites is 1. The lowest BCUT2D eigenvalue weighted by Crippen LogP contribution is -2.09. The molecule has 19 heavy (non-hydrogen) atoms. The summed E-state index contributed by atoms with van der Waals surface area (Å²) in [6.07, 6.45) is 0.332. The highest BCUT2D eigenvalue weighted by molar-refractivity contribution is 7.18. The number of carbonyl (C=O) groups is 1. The third-order valence-electron chi connectivity index (χ3n) is 2.94. The van der Waals surface area contributed by atoms with E-state index in [1.165, 1.54) is 0 Å². The van der Waals surface area contributed by atoms with Gasteiger partial charge in [0, 0.05) is 7.05 Å². The summed E-state index contributed by atoms with van der Waals surface area (Å²) in [6, 6.07) is 9.74. The highest BCUT2D eigenvalue weighted by Gasteiger charge is 2.14. The summed E-state index contributed by atoms with van der Waals surface area (Å²) in [6.45, 7) is 1.88. The van der Waals surface area contributed by atoms with Crippen LogP contribution in [0.5, 0.6) is 0 Å². The first kappa shape index (κ1) is 12.0. The zero-order valence-corrected chi connectivity index (χ0v) is 11.6. The molecule has 3 rings (SSSR count). The number of benzene rings is 1. The summed E-state index contributed by atoms with van der Waals surface area (Å²) in [5, 5.41) is 5.05. The number of rotatable bonds is 3. The Morgan fingerprint density at radius 3 is 2.84 bits per heavy atom. The minimum atomic E-state index is 0.0576. The molecule has 0 spiro atoms. The van der Waals surface area contributed by atoms with Crippen molar-refractivity contribution in [2.24, 2.45) is 7.05 Å². The highest BCUT2D eigenvalue weighted by Crippen LogP contribution is 2.22. The molecule has 0 unspecified atom stereocenters. The largest absolute Gasteiger partial charge is 0.292 e. The average Bonchev–Trinajstić information content (AvgIpc) is 2.91. The van der Waals surface area contributed by atoms with Gasteiger partial charge < -0.3 is 0 Å². The normalized spacial score (nSPS) is 11.1. The molecule has 0 amide bonds. The molecule has 2 aromatic heterocycles. The van der Waals surface area contributed by atoms with E-state index >= 15 is 0 Å². The topological polar surface area (TPSA) is 47.8 Å². The van der Waals surface area contributed by atoms with Gasteiger partial charge in [-0.1, -0.05) is 12.1 Å². The quantitative estimate of drug-likeness (QED) is 0.688. The fourth-order valence-electron chi connectivity index (χ4n) is 2.10.